The van der Waals surface area contributed by atoms with Gasteiger partial charge in [0.2, 0.25) is 5.91 Å². The van der Waals surface area contributed by atoms with Crippen molar-refractivity contribution in [3.05, 3.63) is 58.9 Å². The number of pyridine rings is 1. The Morgan fingerprint density at radius 1 is 1.09 bits per heavy atom. The van der Waals surface area contributed by atoms with Crippen LogP contribution >= 0.6 is 0 Å². The van der Waals surface area contributed by atoms with Crippen LogP contribution in [-0.4, -0.2) is 29.2 Å². The van der Waals surface area contributed by atoms with Crippen LogP contribution in [0.25, 0.3) is 0 Å². The van der Waals surface area contributed by atoms with E-state index in [1.165, 1.54) is 18.2 Å². The lowest BCUT2D eigenvalue weighted by atomic mass is 9.88. The molecule has 3 atom stereocenters. The number of anilines is 1. The quantitative estimate of drug-likeness (QED) is 0.688. The minimum Gasteiger partial charge on any atom is -0.323 e. The van der Waals surface area contributed by atoms with E-state index in [1.54, 1.807) is 6.07 Å². The second kappa shape index (κ2) is 8.48. The topological polar surface area (TPSA) is 102 Å². The second-order valence-corrected chi connectivity index (χ2v) is 7.03. The van der Waals surface area contributed by atoms with Crippen LogP contribution in [-0.2, 0) is 11.0 Å². The third-order valence-corrected chi connectivity index (χ3v) is 4.99. The van der Waals surface area contributed by atoms with Gasteiger partial charge in [-0.2, -0.15) is 36.9 Å². The minimum atomic E-state index is -4.93. The number of aromatic nitrogens is 1. The van der Waals surface area contributed by atoms with E-state index >= 15 is 0 Å². The molecular weight excluding hydrogens is 440 g/mol. The van der Waals surface area contributed by atoms with E-state index in [4.69, 9.17) is 10.5 Å². The van der Waals surface area contributed by atoms with Gasteiger partial charge in [0.05, 0.1) is 35.1 Å². The van der Waals surface area contributed by atoms with Gasteiger partial charge in [0.15, 0.2) is 0 Å². The molecule has 0 spiro atoms. The molecule has 2 N–H and O–H groups in total. The summed E-state index contributed by atoms with van der Waals surface area (Å²) in [4.78, 5) is 16.2. The van der Waals surface area contributed by atoms with Crippen molar-refractivity contribution in [3.8, 4) is 12.1 Å². The van der Waals surface area contributed by atoms with Gasteiger partial charge in [-0.05, 0) is 36.2 Å². The predicted octanol–water partition coefficient (Wildman–Crippen LogP) is 3.86. The average molecular weight is 453 g/mol. The number of alkyl halides is 6. The maximum atomic E-state index is 13.6. The van der Waals surface area contributed by atoms with Crippen LogP contribution in [0.4, 0.5) is 32.0 Å². The van der Waals surface area contributed by atoms with E-state index in [1.807, 2.05) is 0 Å². The molecule has 1 fully saturated rings. The van der Waals surface area contributed by atoms with E-state index in [-0.39, 0.29) is 16.9 Å². The summed E-state index contributed by atoms with van der Waals surface area (Å²) in [6.07, 6.45) is -9.05. The van der Waals surface area contributed by atoms with Crippen molar-refractivity contribution in [1.29, 1.82) is 10.5 Å². The predicted molar refractivity (Wildman–Crippen MR) is 97.9 cm³/mol. The van der Waals surface area contributed by atoms with Crippen LogP contribution in [0.2, 0.25) is 0 Å². The van der Waals surface area contributed by atoms with Gasteiger partial charge in [-0.1, -0.05) is 6.07 Å². The van der Waals surface area contributed by atoms with E-state index in [0.29, 0.717) is 6.07 Å². The van der Waals surface area contributed by atoms with Crippen molar-refractivity contribution in [2.75, 3.05) is 5.32 Å². The summed E-state index contributed by atoms with van der Waals surface area (Å²) in [5, 5.41) is 22.1. The fraction of sp³-hybridized carbons (Fsp3) is 0.300. The standard InChI is InChI=1S/C20H13F6N5O/c21-19(22,23)15-5-10(1-2-11(15)7-27)14-6-16(31-17(14)20(24,25)26)18(32)30-13-4-3-12(8-28)29-9-13/h1-5,9,14,16-17,31H,6H2,(H,30,32)/t14?,16-,17+/m0/s1. The highest BCUT2D eigenvalue weighted by atomic mass is 19.4. The highest BCUT2D eigenvalue weighted by Crippen LogP contribution is 2.42. The summed E-state index contributed by atoms with van der Waals surface area (Å²) in [7, 11) is 0. The maximum absolute atomic E-state index is 13.6. The fourth-order valence-corrected chi connectivity index (χ4v) is 3.51. The number of nitriles is 2. The zero-order valence-corrected chi connectivity index (χ0v) is 15.9. The molecule has 3 rings (SSSR count). The largest absolute Gasteiger partial charge is 0.417 e. The molecule has 32 heavy (non-hydrogen) atoms. The lowest BCUT2D eigenvalue weighted by molar-refractivity contribution is -0.156. The Kier molecular flexibility index (Phi) is 6.10. The lowest BCUT2D eigenvalue weighted by Gasteiger charge is -2.23. The third kappa shape index (κ3) is 4.81. The van der Waals surface area contributed by atoms with Crippen molar-refractivity contribution >= 4 is 11.6 Å². The van der Waals surface area contributed by atoms with Crippen molar-refractivity contribution in [2.24, 2.45) is 0 Å². The van der Waals surface area contributed by atoms with Crippen molar-refractivity contribution in [1.82, 2.24) is 10.3 Å². The van der Waals surface area contributed by atoms with Gasteiger partial charge in [0.1, 0.15) is 17.8 Å². The number of hydrogen-bond acceptors (Lipinski definition) is 5. The monoisotopic (exact) mass is 453 g/mol. The number of nitrogens with zero attached hydrogens (tertiary/aromatic N) is 3. The van der Waals surface area contributed by atoms with Gasteiger partial charge >= 0.3 is 12.4 Å². The molecule has 1 aromatic carbocycles. The molecule has 1 saturated heterocycles. The number of rotatable bonds is 3. The smallest absolute Gasteiger partial charge is 0.323 e. The number of nitrogens with one attached hydrogen (secondary N) is 2. The Morgan fingerprint density at radius 2 is 1.81 bits per heavy atom. The molecule has 1 aliphatic rings. The summed E-state index contributed by atoms with van der Waals surface area (Å²) in [6, 6.07) is 4.54. The Morgan fingerprint density at radius 3 is 2.34 bits per heavy atom. The fourth-order valence-electron chi connectivity index (χ4n) is 3.51. The second-order valence-electron chi connectivity index (χ2n) is 7.03. The molecule has 0 saturated carbocycles. The first-order chi connectivity index (χ1) is 14.9. The molecule has 12 heteroatoms. The Balaban J connectivity index is 1.88. The van der Waals surface area contributed by atoms with E-state index < -0.39 is 53.8 Å². The van der Waals surface area contributed by atoms with Crippen LogP contribution in [0.5, 0.6) is 0 Å². The molecule has 0 bridgehead atoms. The average Bonchev–Trinajstić information content (AvgIpc) is 3.19. The molecule has 0 aliphatic carbocycles. The molecular formula is C20H13F6N5O. The third-order valence-electron chi connectivity index (χ3n) is 4.99. The van der Waals surface area contributed by atoms with Gasteiger partial charge in [0.25, 0.3) is 0 Å². The number of halogens is 6. The molecule has 1 aliphatic heterocycles. The Bertz CT molecular complexity index is 1100. The van der Waals surface area contributed by atoms with E-state index in [9.17, 15) is 31.1 Å². The number of carbonyl (C=O) groups excluding carboxylic acids is 1. The summed E-state index contributed by atoms with van der Waals surface area (Å²) >= 11 is 0. The minimum absolute atomic E-state index is 0.0699. The highest BCUT2D eigenvalue weighted by molar-refractivity contribution is 5.95. The first-order valence-corrected chi connectivity index (χ1v) is 9.05. The lowest BCUT2D eigenvalue weighted by Crippen LogP contribution is -2.46. The van der Waals surface area contributed by atoms with Gasteiger partial charge in [-0.3, -0.25) is 10.1 Å². The van der Waals surface area contributed by atoms with Crippen LogP contribution in [0.15, 0.2) is 36.5 Å². The van der Waals surface area contributed by atoms with Gasteiger partial charge in [0, 0.05) is 5.92 Å². The van der Waals surface area contributed by atoms with Crippen molar-refractivity contribution in [2.45, 2.75) is 36.8 Å². The molecule has 1 aromatic heterocycles. The Hall–Kier alpha value is -3.64. The molecule has 166 valence electrons. The summed E-state index contributed by atoms with van der Waals surface area (Å²) < 4.78 is 80.6. The molecule has 0 radical (unpaired) electrons. The van der Waals surface area contributed by atoms with Gasteiger partial charge in [-0.25, -0.2) is 4.98 Å². The highest BCUT2D eigenvalue weighted by Gasteiger charge is 2.52. The first kappa shape index (κ1) is 23.0. The molecule has 1 unspecified atom stereocenters. The maximum Gasteiger partial charge on any atom is 0.417 e. The molecule has 2 aromatic rings. The summed E-state index contributed by atoms with van der Waals surface area (Å²) in [5.74, 6) is -2.32. The Labute approximate surface area is 177 Å². The van der Waals surface area contributed by atoms with Crippen LogP contribution in [0, 0.1) is 22.7 Å². The normalized spacial score (nSPS) is 20.9. The first-order valence-electron chi connectivity index (χ1n) is 9.05. The summed E-state index contributed by atoms with van der Waals surface area (Å²) in [6.45, 7) is 0. The zero-order valence-electron chi connectivity index (χ0n) is 15.9. The number of hydrogen-bond donors (Lipinski definition) is 2. The van der Waals surface area contributed by atoms with E-state index in [0.717, 1.165) is 18.3 Å². The van der Waals surface area contributed by atoms with Crippen LogP contribution < -0.4 is 10.6 Å². The van der Waals surface area contributed by atoms with Gasteiger partial charge in [-0.15, -0.1) is 0 Å². The van der Waals surface area contributed by atoms with Crippen molar-refractivity contribution in [3.63, 3.8) is 0 Å². The van der Waals surface area contributed by atoms with Crippen LogP contribution in [0.3, 0.4) is 0 Å². The molecule has 2 heterocycles. The van der Waals surface area contributed by atoms with Gasteiger partial charge < -0.3 is 5.32 Å². The number of amides is 1. The number of benzene rings is 1. The van der Waals surface area contributed by atoms with Crippen molar-refractivity contribution < 1.29 is 31.1 Å². The molecule has 6 nitrogen and oxygen atoms in total. The zero-order chi connectivity index (χ0) is 23.7. The molecule has 1 amide bonds. The number of carbonyl (C=O) groups is 1. The SMILES string of the molecule is N#Cc1ccc(NC(=O)[C@@H]2CC(c3ccc(C#N)c(C(F)(F)F)c3)[C@H](C(F)(F)F)N2)cn1. The summed E-state index contributed by atoms with van der Waals surface area (Å²) in [5.41, 5.74) is -2.13. The van der Waals surface area contributed by atoms with Crippen LogP contribution in [0.1, 0.15) is 34.7 Å². The van der Waals surface area contributed by atoms with E-state index in [2.05, 4.69) is 15.6 Å².